The smallest absolute Gasteiger partial charge is 0.335 e. The summed E-state index contributed by atoms with van der Waals surface area (Å²) in [6, 6.07) is 20.6. The van der Waals surface area contributed by atoms with E-state index in [-0.39, 0.29) is 23.6 Å². The van der Waals surface area contributed by atoms with Gasteiger partial charge in [0.15, 0.2) is 4.80 Å². The van der Waals surface area contributed by atoms with Crippen molar-refractivity contribution in [1.29, 1.82) is 0 Å². The van der Waals surface area contributed by atoms with E-state index in [9.17, 15) is 14.4 Å². The van der Waals surface area contributed by atoms with E-state index in [1.165, 1.54) is 11.3 Å². The molecule has 1 N–H and O–H groups in total. The minimum absolute atomic E-state index is 0.158. The summed E-state index contributed by atoms with van der Waals surface area (Å²) in [7, 11) is 1.58. The van der Waals surface area contributed by atoms with Crippen LogP contribution in [0.2, 0.25) is 0 Å². The van der Waals surface area contributed by atoms with E-state index < -0.39 is 12.0 Å². The molecule has 0 fully saturated rings. The second kappa shape index (κ2) is 13.1. The molecule has 44 heavy (non-hydrogen) atoms. The Morgan fingerprint density at radius 1 is 1.02 bits per heavy atom. The summed E-state index contributed by atoms with van der Waals surface area (Å²) in [6.45, 7) is 7.03. The van der Waals surface area contributed by atoms with Gasteiger partial charge in [-0.05, 0) is 68.3 Å². The number of ether oxygens (including phenoxy) is 2. The van der Waals surface area contributed by atoms with E-state index in [1.54, 1.807) is 40.8 Å². The fourth-order valence-corrected chi connectivity index (χ4v) is 6.23. The number of para-hydroxylation sites is 1. The van der Waals surface area contributed by atoms with Gasteiger partial charge in [0.25, 0.3) is 11.5 Å². The van der Waals surface area contributed by atoms with Crippen LogP contribution in [0.3, 0.4) is 0 Å². The average molecular weight is 612 g/mol. The van der Waals surface area contributed by atoms with Crippen molar-refractivity contribution in [3.8, 4) is 11.5 Å². The molecule has 0 spiro atoms. The topological polar surface area (TPSA) is 110 Å². The third kappa shape index (κ3) is 6.07. The van der Waals surface area contributed by atoms with Gasteiger partial charge in [0.05, 0.1) is 28.5 Å². The van der Waals surface area contributed by atoms with Gasteiger partial charge in [-0.15, -0.1) is 0 Å². The lowest BCUT2D eigenvalue weighted by molar-refractivity contribution is -0.127. The van der Waals surface area contributed by atoms with Gasteiger partial charge in [-0.3, -0.25) is 14.2 Å². The summed E-state index contributed by atoms with van der Waals surface area (Å²) in [6.07, 6.45) is 1.81. The van der Waals surface area contributed by atoms with Crippen molar-refractivity contribution < 1.29 is 24.2 Å². The minimum Gasteiger partial charge on any atom is -0.496 e. The van der Waals surface area contributed by atoms with Crippen LogP contribution in [-0.4, -0.2) is 46.6 Å². The number of hydrogen-bond acceptors (Lipinski definition) is 7. The van der Waals surface area contributed by atoms with Crippen molar-refractivity contribution in [1.82, 2.24) is 9.47 Å². The molecule has 1 aromatic heterocycles. The number of carbonyl (C=O) groups is 2. The van der Waals surface area contributed by atoms with Crippen LogP contribution in [0.25, 0.3) is 6.08 Å². The van der Waals surface area contributed by atoms with Crippen molar-refractivity contribution in [3.05, 3.63) is 126 Å². The van der Waals surface area contributed by atoms with Gasteiger partial charge in [0, 0.05) is 18.7 Å². The molecule has 0 radical (unpaired) electrons. The van der Waals surface area contributed by atoms with Gasteiger partial charge < -0.3 is 19.5 Å². The molecule has 0 saturated carbocycles. The van der Waals surface area contributed by atoms with Crippen LogP contribution in [0.5, 0.6) is 11.5 Å². The fraction of sp³-hybridized carbons (Fsp3) is 0.235. The highest BCUT2D eigenvalue weighted by molar-refractivity contribution is 7.07. The van der Waals surface area contributed by atoms with Crippen LogP contribution >= 0.6 is 11.3 Å². The molecule has 1 aliphatic rings. The Balaban J connectivity index is 1.49. The zero-order chi connectivity index (χ0) is 31.4. The predicted octanol–water partition coefficient (Wildman–Crippen LogP) is 4.39. The number of carboxylic acids is 1. The number of aromatic carboxylic acids is 1. The minimum atomic E-state index is -0.973. The first-order valence-electron chi connectivity index (χ1n) is 14.3. The van der Waals surface area contributed by atoms with Gasteiger partial charge >= 0.3 is 5.97 Å². The molecule has 10 heteroatoms. The van der Waals surface area contributed by atoms with E-state index in [0.717, 1.165) is 11.1 Å². The molecule has 9 nitrogen and oxygen atoms in total. The number of aromatic nitrogens is 1. The summed E-state index contributed by atoms with van der Waals surface area (Å²) in [5.74, 6) is 0.0895. The molecular formula is C34H33N3O6S. The van der Waals surface area contributed by atoms with E-state index in [0.29, 0.717) is 50.8 Å². The lowest BCUT2D eigenvalue weighted by atomic mass is 9.94. The van der Waals surface area contributed by atoms with Crippen LogP contribution in [0.15, 0.2) is 93.9 Å². The number of amides is 1. The van der Waals surface area contributed by atoms with Gasteiger partial charge in [-0.2, -0.15) is 0 Å². The Bertz CT molecular complexity index is 1900. The first-order valence-corrected chi connectivity index (χ1v) is 15.1. The Kier molecular flexibility index (Phi) is 9.10. The maximum absolute atomic E-state index is 14.0. The van der Waals surface area contributed by atoms with Crippen LogP contribution in [-0.2, 0) is 11.4 Å². The Morgan fingerprint density at radius 2 is 1.70 bits per heavy atom. The highest BCUT2D eigenvalue weighted by atomic mass is 32.1. The van der Waals surface area contributed by atoms with Gasteiger partial charge in [0.2, 0.25) is 0 Å². The monoisotopic (exact) mass is 611 g/mol. The Hall–Kier alpha value is -4.96. The van der Waals surface area contributed by atoms with E-state index in [2.05, 4.69) is 0 Å². The molecule has 2 heterocycles. The first-order chi connectivity index (χ1) is 21.2. The molecule has 3 aromatic carbocycles. The number of benzene rings is 3. The molecule has 5 rings (SSSR count). The highest BCUT2D eigenvalue weighted by Crippen LogP contribution is 2.36. The lowest BCUT2D eigenvalue weighted by Crippen LogP contribution is -2.43. The largest absolute Gasteiger partial charge is 0.496 e. The zero-order valence-electron chi connectivity index (χ0n) is 24.9. The van der Waals surface area contributed by atoms with E-state index >= 15 is 0 Å². The van der Waals surface area contributed by atoms with Crippen LogP contribution in [0.1, 0.15) is 53.9 Å². The van der Waals surface area contributed by atoms with Gasteiger partial charge in [-0.1, -0.05) is 53.8 Å². The number of fused-ring (bicyclic) bond motifs is 1. The van der Waals surface area contributed by atoms with Crippen molar-refractivity contribution in [2.75, 3.05) is 20.2 Å². The average Bonchev–Trinajstić information content (AvgIpc) is 3.34. The summed E-state index contributed by atoms with van der Waals surface area (Å²) < 4.78 is 13.6. The summed E-state index contributed by atoms with van der Waals surface area (Å²) in [4.78, 5) is 45.9. The maximum Gasteiger partial charge on any atom is 0.335 e. The normalized spacial score (nSPS) is 14.5. The maximum atomic E-state index is 14.0. The molecule has 0 unspecified atom stereocenters. The third-order valence-corrected chi connectivity index (χ3v) is 8.50. The second-order valence-electron chi connectivity index (χ2n) is 10.2. The number of hydrogen-bond donors (Lipinski definition) is 1. The number of allylic oxidation sites excluding steroid dienone is 1. The molecule has 0 aliphatic carbocycles. The predicted molar refractivity (Wildman–Crippen MR) is 169 cm³/mol. The third-order valence-electron chi connectivity index (χ3n) is 7.52. The van der Waals surface area contributed by atoms with Crippen LogP contribution < -0.4 is 24.4 Å². The molecular weight excluding hydrogens is 578 g/mol. The van der Waals surface area contributed by atoms with Crippen LogP contribution in [0.4, 0.5) is 0 Å². The van der Waals surface area contributed by atoms with E-state index in [1.807, 2.05) is 75.4 Å². The van der Waals surface area contributed by atoms with Gasteiger partial charge in [0.1, 0.15) is 24.1 Å². The second-order valence-corrected chi connectivity index (χ2v) is 11.2. The van der Waals surface area contributed by atoms with Crippen LogP contribution in [0, 0.1) is 0 Å². The van der Waals surface area contributed by atoms with Crippen molar-refractivity contribution in [3.63, 3.8) is 0 Å². The number of likely N-dealkylation sites (N-methyl/N-ethyl adjacent to an activating group) is 1. The van der Waals surface area contributed by atoms with Gasteiger partial charge in [-0.25, -0.2) is 9.79 Å². The molecule has 0 bridgehead atoms. The standard InChI is InChI=1S/C34H33N3O6S/c1-5-36(6-2)32(39)29-21(3)35-34-37(30(29)26-9-7-8-10-27(26)42-4)31(38)28(44-34)19-22-13-17-25(18-14-22)43-20-23-11-15-24(16-12-23)33(40)41/h7-19,30H,5-6,20H2,1-4H3,(H,40,41)/b28-19+/t30-/m0/s1. The Morgan fingerprint density at radius 3 is 2.34 bits per heavy atom. The summed E-state index contributed by atoms with van der Waals surface area (Å²) in [5, 5.41) is 9.07. The summed E-state index contributed by atoms with van der Waals surface area (Å²) in [5.41, 5.74) is 3.37. The molecule has 0 saturated heterocycles. The number of nitrogens with zero attached hydrogens (tertiary/aromatic N) is 3. The van der Waals surface area contributed by atoms with Crippen molar-refractivity contribution in [2.24, 2.45) is 4.99 Å². The SMILES string of the molecule is CCN(CC)C(=O)C1=C(C)N=c2s/c(=C/c3ccc(OCc4ccc(C(=O)O)cc4)cc3)c(=O)n2[C@H]1c1ccccc1OC. The number of carboxylic acid groups (broad SMARTS) is 1. The number of rotatable bonds is 10. The lowest BCUT2D eigenvalue weighted by Gasteiger charge is -2.29. The highest BCUT2D eigenvalue weighted by Gasteiger charge is 2.35. The fourth-order valence-electron chi connectivity index (χ4n) is 5.18. The molecule has 1 aliphatic heterocycles. The first kappa shape index (κ1) is 30.5. The molecule has 226 valence electrons. The molecule has 4 aromatic rings. The van der Waals surface area contributed by atoms with E-state index in [4.69, 9.17) is 19.6 Å². The zero-order valence-corrected chi connectivity index (χ0v) is 25.8. The molecule has 1 amide bonds. The van der Waals surface area contributed by atoms with Crippen molar-refractivity contribution in [2.45, 2.75) is 33.4 Å². The Labute approximate surface area is 258 Å². The molecule has 1 atom stereocenters. The number of methoxy groups -OCH3 is 1. The number of thiazole rings is 1. The quantitative estimate of drug-likeness (QED) is 0.285. The van der Waals surface area contributed by atoms with Crippen molar-refractivity contribution >= 4 is 29.3 Å². The summed E-state index contributed by atoms with van der Waals surface area (Å²) >= 11 is 1.28. The number of carbonyl (C=O) groups excluding carboxylic acids is 1.